The minimum atomic E-state index is 0.0561. The van der Waals surface area contributed by atoms with Crippen molar-refractivity contribution in [3.8, 4) is 0 Å². The lowest BCUT2D eigenvalue weighted by Crippen LogP contribution is -2.38. The minimum absolute atomic E-state index is 0.0561. The van der Waals surface area contributed by atoms with E-state index in [4.69, 9.17) is 10.7 Å². The molecule has 4 N–H and O–H groups in total. The molecule has 7 rings (SSSR count). The summed E-state index contributed by atoms with van der Waals surface area (Å²) in [6.45, 7) is 1.39. The van der Waals surface area contributed by atoms with E-state index in [1.165, 1.54) is 5.56 Å². The summed E-state index contributed by atoms with van der Waals surface area (Å²) >= 11 is 0. The number of nitrogen functional groups attached to an aromatic ring is 1. The van der Waals surface area contributed by atoms with Gasteiger partial charge < -0.3 is 20.9 Å². The average molecular weight is 478 g/mol. The zero-order chi connectivity index (χ0) is 24.2. The normalized spacial score (nSPS) is 18.0. The molecule has 2 aliphatic heterocycles. The van der Waals surface area contributed by atoms with Gasteiger partial charge in [-0.2, -0.15) is 0 Å². The molecule has 36 heavy (non-hydrogen) atoms. The third kappa shape index (κ3) is 3.25. The zero-order valence-electron chi connectivity index (χ0n) is 19.8. The van der Waals surface area contributed by atoms with Crippen LogP contribution >= 0.6 is 0 Å². The molecule has 3 aromatic heterocycles. The number of hydrogen-bond donors (Lipinski definition) is 3. The molecular weight excluding hydrogens is 450 g/mol. The Balaban J connectivity index is 1.16. The molecule has 0 spiro atoms. The molecule has 5 aromatic rings. The van der Waals surface area contributed by atoms with Crippen LogP contribution in [0.4, 0.5) is 11.5 Å². The standard InChI is InChI=1S/C28H27N7O/c29-26-25-24(22-16-19-4-1-2-7-21(19)32-22)33-27(35(25)15-12-31-26)18-9-13-34(14-10-18)28(36)20-6-3-5-17-8-11-30-23(17)20/h1-8,11-12,15,18,22,30,32H,9-10,13-14,16H2,(H2,29,31). The van der Waals surface area contributed by atoms with Gasteiger partial charge in [0.25, 0.3) is 5.91 Å². The molecular formula is C28H27N7O. The Hall–Kier alpha value is -4.33. The van der Waals surface area contributed by atoms with E-state index in [0.29, 0.717) is 18.9 Å². The summed E-state index contributed by atoms with van der Waals surface area (Å²) < 4.78 is 2.12. The molecule has 0 radical (unpaired) electrons. The maximum absolute atomic E-state index is 13.3. The fourth-order valence-corrected chi connectivity index (χ4v) is 5.88. The number of nitrogens with one attached hydrogen (secondary N) is 2. The number of piperidine rings is 1. The molecule has 1 amide bonds. The predicted octanol–water partition coefficient (Wildman–Crippen LogP) is 4.52. The van der Waals surface area contributed by atoms with Gasteiger partial charge in [-0.15, -0.1) is 0 Å². The number of H-pyrrole nitrogens is 1. The van der Waals surface area contributed by atoms with Crippen LogP contribution in [0.2, 0.25) is 0 Å². The number of carbonyl (C=O) groups is 1. The number of fused-ring (bicyclic) bond motifs is 3. The fourth-order valence-electron chi connectivity index (χ4n) is 5.88. The van der Waals surface area contributed by atoms with Gasteiger partial charge in [0.2, 0.25) is 0 Å². The first-order valence-electron chi connectivity index (χ1n) is 12.5. The van der Waals surface area contributed by atoms with Crippen LogP contribution in [0.25, 0.3) is 16.4 Å². The Bertz CT molecular complexity index is 1580. The number of likely N-dealkylation sites (tertiary alicyclic amines) is 1. The minimum Gasteiger partial charge on any atom is -0.382 e. The molecule has 2 aromatic carbocycles. The summed E-state index contributed by atoms with van der Waals surface area (Å²) in [5.41, 5.74) is 12.3. The van der Waals surface area contributed by atoms with E-state index < -0.39 is 0 Å². The highest BCUT2D eigenvalue weighted by atomic mass is 16.2. The largest absolute Gasteiger partial charge is 0.382 e. The van der Waals surface area contributed by atoms with Crippen molar-refractivity contribution in [1.82, 2.24) is 24.3 Å². The summed E-state index contributed by atoms with van der Waals surface area (Å²) in [5.74, 6) is 1.82. The SMILES string of the molecule is Nc1nccn2c(C3CCN(C(=O)c4cccc5cc[nH]c45)CC3)nc(C3Cc4ccccc4N3)c12. The molecule has 0 saturated carbocycles. The van der Waals surface area contributed by atoms with Crippen molar-refractivity contribution in [3.05, 3.63) is 89.8 Å². The number of imidazole rings is 1. The Morgan fingerprint density at radius 2 is 1.92 bits per heavy atom. The van der Waals surface area contributed by atoms with Gasteiger partial charge in [0.1, 0.15) is 17.2 Å². The highest BCUT2D eigenvalue weighted by Gasteiger charge is 2.32. The lowest BCUT2D eigenvalue weighted by atomic mass is 9.95. The molecule has 1 fully saturated rings. The molecule has 2 aliphatic rings. The van der Waals surface area contributed by atoms with Gasteiger partial charge >= 0.3 is 0 Å². The van der Waals surface area contributed by atoms with E-state index in [0.717, 1.165) is 58.5 Å². The Morgan fingerprint density at radius 3 is 2.78 bits per heavy atom. The van der Waals surface area contributed by atoms with Gasteiger partial charge in [-0.3, -0.25) is 9.20 Å². The number of anilines is 2. The summed E-state index contributed by atoms with van der Waals surface area (Å²) in [6, 6.07) is 16.3. The van der Waals surface area contributed by atoms with E-state index in [1.54, 1.807) is 6.20 Å². The first-order chi connectivity index (χ1) is 17.7. The molecule has 5 heterocycles. The lowest BCUT2D eigenvalue weighted by molar-refractivity contribution is 0.0712. The quantitative estimate of drug-likeness (QED) is 0.354. The van der Waals surface area contributed by atoms with E-state index in [2.05, 4.69) is 37.9 Å². The molecule has 1 saturated heterocycles. The van der Waals surface area contributed by atoms with Crippen molar-refractivity contribution >= 4 is 33.8 Å². The maximum atomic E-state index is 13.3. The van der Waals surface area contributed by atoms with Crippen molar-refractivity contribution in [2.24, 2.45) is 0 Å². The summed E-state index contributed by atoms with van der Waals surface area (Å²) in [6.07, 6.45) is 8.16. The second-order valence-electron chi connectivity index (χ2n) is 9.76. The summed E-state index contributed by atoms with van der Waals surface area (Å²) in [4.78, 5) is 28.1. The van der Waals surface area contributed by atoms with Crippen LogP contribution in [0, 0.1) is 0 Å². The Labute approximate surface area is 208 Å². The van der Waals surface area contributed by atoms with E-state index in [9.17, 15) is 4.79 Å². The molecule has 1 unspecified atom stereocenters. The van der Waals surface area contributed by atoms with E-state index in [1.807, 2.05) is 47.6 Å². The number of aromatic amines is 1. The molecule has 0 bridgehead atoms. The van der Waals surface area contributed by atoms with Crippen molar-refractivity contribution in [1.29, 1.82) is 0 Å². The number of nitrogens with zero attached hydrogens (tertiary/aromatic N) is 4. The number of benzene rings is 2. The fraction of sp³-hybridized carbons (Fsp3) is 0.250. The highest BCUT2D eigenvalue weighted by Crippen LogP contribution is 2.38. The highest BCUT2D eigenvalue weighted by molar-refractivity contribution is 6.05. The first kappa shape index (κ1) is 21.0. The number of aromatic nitrogens is 4. The van der Waals surface area contributed by atoms with E-state index >= 15 is 0 Å². The number of para-hydroxylation sites is 2. The van der Waals surface area contributed by atoms with Crippen LogP contribution in [0.3, 0.4) is 0 Å². The Morgan fingerprint density at radius 1 is 1.06 bits per heavy atom. The maximum Gasteiger partial charge on any atom is 0.255 e. The number of amides is 1. The summed E-state index contributed by atoms with van der Waals surface area (Å²) in [5, 5.41) is 4.68. The topological polar surface area (TPSA) is 104 Å². The van der Waals surface area contributed by atoms with Crippen molar-refractivity contribution in [2.45, 2.75) is 31.2 Å². The molecule has 180 valence electrons. The van der Waals surface area contributed by atoms with Gasteiger partial charge in [0.15, 0.2) is 0 Å². The number of nitrogens with two attached hydrogens (primary N) is 1. The zero-order valence-corrected chi connectivity index (χ0v) is 19.8. The first-order valence-corrected chi connectivity index (χ1v) is 12.5. The van der Waals surface area contributed by atoms with E-state index in [-0.39, 0.29) is 17.9 Å². The van der Waals surface area contributed by atoms with Crippen LogP contribution in [0.1, 0.15) is 52.2 Å². The summed E-state index contributed by atoms with van der Waals surface area (Å²) in [7, 11) is 0. The van der Waals surface area contributed by atoms with Gasteiger partial charge in [0.05, 0.1) is 22.8 Å². The van der Waals surface area contributed by atoms with Crippen molar-refractivity contribution < 1.29 is 4.79 Å². The van der Waals surface area contributed by atoms with Crippen LogP contribution in [0.5, 0.6) is 0 Å². The predicted molar refractivity (Wildman–Crippen MR) is 140 cm³/mol. The van der Waals surface area contributed by atoms with Gasteiger partial charge in [-0.1, -0.05) is 30.3 Å². The second kappa shape index (κ2) is 8.12. The van der Waals surface area contributed by atoms with Crippen LogP contribution in [-0.4, -0.2) is 43.2 Å². The third-order valence-corrected chi connectivity index (χ3v) is 7.70. The van der Waals surface area contributed by atoms with Crippen molar-refractivity contribution in [2.75, 3.05) is 24.1 Å². The van der Waals surface area contributed by atoms with Crippen LogP contribution < -0.4 is 11.1 Å². The van der Waals surface area contributed by atoms with Crippen LogP contribution in [0.15, 0.2) is 67.1 Å². The van der Waals surface area contributed by atoms with Gasteiger partial charge in [0, 0.05) is 55.1 Å². The second-order valence-corrected chi connectivity index (χ2v) is 9.76. The number of rotatable bonds is 3. The number of hydrogen-bond acceptors (Lipinski definition) is 5. The van der Waals surface area contributed by atoms with Crippen LogP contribution in [-0.2, 0) is 6.42 Å². The van der Waals surface area contributed by atoms with Gasteiger partial charge in [-0.05, 0) is 36.6 Å². The van der Waals surface area contributed by atoms with Gasteiger partial charge in [-0.25, -0.2) is 9.97 Å². The third-order valence-electron chi connectivity index (χ3n) is 7.70. The van der Waals surface area contributed by atoms with Crippen molar-refractivity contribution in [3.63, 3.8) is 0 Å². The monoisotopic (exact) mass is 477 g/mol. The smallest absolute Gasteiger partial charge is 0.255 e. The molecule has 8 heteroatoms. The molecule has 0 aliphatic carbocycles. The lowest BCUT2D eigenvalue weighted by Gasteiger charge is -2.31. The number of carbonyl (C=O) groups excluding carboxylic acids is 1. The average Bonchev–Trinajstić information content (AvgIpc) is 3.65. The molecule has 8 nitrogen and oxygen atoms in total. The molecule has 1 atom stereocenters. The Kier molecular flexibility index (Phi) is 4.73.